The van der Waals surface area contributed by atoms with E-state index in [9.17, 15) is 29.1 Å². The molecule has 4 heterocycles. The van der Waals surface area contributed by atoms with Gasteiger partial charge in [-0.25, -0.2) is 14.6 Å². The second kappa shape index (κ2) is 29.1. The number of likely N-dealkylation sites (N-methyl/N-ethyl adjacent to an activating group) is 1. The molecule has 470 valence electrons. The average molecular weight is 1200 g/mol. The Hall–Kier alpha value is -7.64. The maximum absolute atomic E-state index is 14.5. The van der Waals surface area contributed by atoms with Crippen LogP contribution in [0.2, 0.25) is 0 Å². The van der Waals surface area contributed by atoms with Crippen LogP contribution in [-0.2, 0) is 77.1 Å². The lowest BCUT2D eigenvalue weighted by Crippen LogP contribution is -2.58. The van der Waals surface area contributed by atoms with Crippen molar-refractivity contribution >= 4 is 46.4 Å². The summed E-state index contributed by atoms with van der Waals surface area (Å²) in [6.45, 7) is 18.8. The molecular formula is C70H90N8O10. The number of carbonyl (C=O) groups is 5. The predicted molar refractivity (Wildman–Crippen MR) is 341 cm³/mol. The Morgan fingerprint density at radius 2 is 1.47 bits per heavy atom. The predicted octanol–water partition coefficient (Wildman–Crippen LogP) is 9.95. The fraction of sp³-hybridized carbons (Fsp3) is 0.486. The van der Waals surface area contributed by atoms with E-state index < -0.39 is 47.5 Å². The third-order valence-electron chi connectivity index (χ3n) is 17.7. The van der Waals surface area contributed by atoms with Crippen LogP contribution >= 0.6 is 0 Å². The lowest BCUT2D eigenvalue weighted by Gasteiger charge is -2.42. The molecule has 88 heavy (non-hydrogen) atoms. The summed E-state index contributed by atoms with van der Waals surface area (Å²) < 4.78 is 25.3. The van der Waals surface area contributed by atoms with E-state index in [4.69, 9.17) is 23.9 Å². The van der Waals surface area contributed by atoms with Gasteiger partial charge in [-0.1, -0.05) is 113 Å². The highest BCUT2D eigenvalue weighted by Crippen LogP contribution is 2.43. The monoisotopic (exact) mass is 1200 g/mol. The van der Waals surface area contributed by atoms with Gasteiger partial charge in [0.15, 0.2) is 0 Å². The first-order valence-corrected chi connectivity index (χ1v) is 31.3. The highest BCUT2D eigenvalue weighted by molar-refractivity contribution is 5.96. The van der Waals surface area contributed by atoms with E-state index in [0.717, 1.165) is 93.1 Å². The van der Waals surface area contributed by atoms with Gasteiger partial charge in [-0.15, -0.1) is 0 Å². The molecular weight excluding hydrogens is 1110 g/mol. The van der Waals surface area contributed by atoms with Crippen molar-refractivity contribution < 1.29 is 48.0 Å². The summed E-state index contributed by atoms with van der Waals surface area (Å²) in [4.78, 5) is 81.0. The van der Waals surface area contributed by atoms with E-state index in [2.05, 4.69) is 70.8 Å². The third kappa shape index (κ3) is 15.4. The quantitative estimate of drug-likeness (QED) is 0.0407. The number of aromatic nitrogens is 2. The molecule has 0 radical (unpaired) electrons. The number of esters is 2. The van der Waals surface area contributed by atoms with Crippen LogP contribution < -0.4 is 10.2 Å². The largest absolute Gasteiger partial charge is 0.467 e. The van der Waals surface area contributed by atoms with Crippen LogP contribution in [0.4, 0.5) is 10.5 Å². The number of benzene rings is 4. The molecule has 0 bridgehead atoms. The smallest absolute Gasteiger partial charge is 0.410 e. The number of carbonyl (C=O) groups excluding carboxylic acids is 5. The second-order valence-corrected chi connectivity index (χ2v) is 25.0. The second-order valence-electron chi connectivity index (χ2n) is 25.0. The topological polar surface area (TPSA) is 189 Å². The Bertz CT molecular complexity index is 3390. The number of nitrogens with zero attached hydrogens (tertiary/aromatic N) is 7. The van der Waals surface area contributed by atoms with E-state index in [1.807, 2.05) is 105 Å². The molecule has 9 rings (SSSR count). The summed E-state index contributed by atoms with van der Waals surface area (Å²) in [5.41, 5.74) is 10.4. The number of aryl methyl sites for hydroxylation is 1. The molecule has 2 aliphatic heterocycles. The molecule has 1 aliphatic carbocycles. The van der Waals surface area contributed by atoms with E-state index in [1.54, 1.807) is 12.1 Å². The zero-order chi connectivity index (χ0) is 62.8. The summed E-state index contributed by atoms with van der Waals surface area (Å²) in [6.07, 6.45) is 5.57. The molecule has 0 spiro atoms. The molecule has 4 aromatic carbocycles. The Balaban J connectivity index is 1.12. The maximum atomic E-state index is 14.5. The van der Waals surface area contributed by atoms with Crippen molar-refractivity contribution in [1.29, 1.82) is 0 Å². The Labute approximate surface area is 519 Å². The molecule has 6 aromatic rings. The number of hydrazine groups is 1. The Morgan fingerprint density at radius 3 is 2.08 bits per heavy atom. The number of fused-ring (bicyclic) bond motifs is 1. The van der Waals surface area contributed by atoms with Gasteiger partial charge in [0, 0.05) is 102 Å². The number of ether oxygens (including phenoxy) is 4. The molecule has 2 saturated heterocycles. The first kappa shape index (κ1) is 64.8. The first-order valence-electron chi connectivity index (χ1n) is 31.3. The van der Waals surface area contributed by atoms with E-state index >= 15 is 0 Å². The van der Waals surface area contributed by atoms with Gasteiger partial charge in [0.2, 0.25) is 11.8 Å². The van der Waals surface area contributed by atoms with Crippen LogP contribution in [0, 0.1) is 11.3 Å². The molecule has 2 aromatic heterocycles. The molecule has 4 atom stereocenters. The molecule has 18 heteroatoms. The number of nitrogens with one attached hydrogen (secondary N) is 1. The number of methoxy groups -OCH3 is 2. The van der Waals surface area contributed by atoms with Crippen LogP contribution in [0.5, 0.6) is 0 Å². The fourth-order valence-electron chi connectivity index (χ4n) is 12.7. The normalized spacial score (nSPS) is 16.9. The first-order chi connectivity index (χ1) is 42.3. The third-order valence-corrected chi connectivity index (χ3v) is 17.7. The van der Waals surface area contributed by atoms with E-state index in [1.165, 1.54) is 38.8 Å². The number of rotatable bonds is 25. The van der Waals surface area contributed by atoms with E-state index in [0.29, 0.717) is 50.4 Å². The Kier molecular flexibility index (Phi) is 21.5. The van der Waals surface area contributed by atoms with Gasteiger partial charge in [-0.2, -0.15) is 0 Å². The number of aliphatic hydroxyl groups is 1. The molecule has 2 N–H and O–H groups in total. The number of aliphatic hydroxyl groups excluding tert-OH is 1. The molecule has 3 aliphatic rings. The number of amides is 3. The number of hydrogen-bond acceptors (Lipinski definition) is 14. The lowest BCUT2D eigenvalue weighted by atomic mass is 9.84. The minimum absolute atomic E-state index is 0.0118. The van der Waals surface area contributed by atoms with Crippen LogP contribution in [0.25, 0.3) is 33.3 Å². The van der Waals surface area contributed by atoms with Crippen molar-refractivity contribution in [2.24, 2.45) is 11.3 Å². The van der Waals surface area contributed by atoms with Crippen molar-refractivity contribution in [2.45, 2.75) is 143 Å². The SMILES string of the molecule is CCn1c(-c2cc(N3CCN(C4CC4)CC3)cnc2[C@H](C)OC)c(CC(C)(C)CO)c2cc(-c3cc(CCN4[C@@H](C(=O)OCc5ccccc5)CCCN4C(C)=O)cc(C[C@H](NC(=O)[C@H](C(C)C)N(C)C(=O)OCc4ccccc4)C(=O)OC)c3)ccc21. The van der Waals surface area contributed by atoms with E-state index in [-0.39, 0.29) is 50.7 Å². The van der Waals surface area contributed by atoms with Crippen LogP contribution in [0.3, 0.4) is 0 Å². The fourth-order valence-corrected chi connectivity index (χ4v) is 12.7. The highest BCUT2D eigenvalue weighted by atomic mass is 16.6. The van der Waals surface area contributed by atoms with Crippen molar-refractivity contribution in [3.63, 3.8) is 0 Å². The summed E-state index contributed by atoms with van der Waals surface area (Å²) >= 11 is 0. The van der Waals surface area contributed by atoms with Crippen LogP contribution in [0.15, 0.2) is 109 Å². The number of piperazine rings is 1. The number of anilines is 1. The van der Waals surface area contributed by atoms with Crippen molar-refractivity contribution in [1.82, 2.24) is 34.7 Å². The van der Waals surface area contributed by atoms with Gasteiger partial charge >= 0.3 is 18.0 Å². The van der Waals surface area contributed by atoms with Crippen molar-refractivity contribution in [3.05, 3.63) is 143 Å². The zero-order valence-corrected chi connectivity index (χ0v) is 53.1. The maximum Gasteiger partial charge on any atom is 0.410 e. The van der Waals surface area contributed by atoms with Gasteiger partial charge in [-0.3, -0.25) is 34.2 Å². The Morgan fingerprint density at radius 1 is 0.795 bits per heavy atom. The highest BCUT2D eigenvalue weighted by Gasteiger charge is 2.38. The van der Waals surface area contributed by atoms with Gasteiger partial charge in [-0.05, 0) is 121 Å². The summed E-state index contributed by atoms with van der Waals surface area (Å²) in [6, 6.07) is 31.5. The molecule has 0 unspecified atom stereocenters. The zero-order valence-electron chi connectivity index (χ0n) is 53.1. The lowest BCUT2D eigenvalue weighted by molar-refractivity contribution is -0.174. The summed E-state index contributed by atoms with van der Waals surface area (Å²) in [5.74, 6) is -2.21. The molecule has 1 saturated carbocycles. The number of hydrogen-bond donors (Lipinski definition) is 2. The number of pyridine rings is 1. The van der Waals surface area contributed by atoms with Gasteiger partial charge in [0.05, 0.1) is 36.5 Å². The minimum atomic E-state index is -1.18. The van der Waals surface area contributed by atoms with Crippen molar-refractivity contribution in [3.8, 4) is 22.4 Å². The molecule has 3 fully saturated rings. The van der Waals surface area contributed by atoms with Crippen molar-refractivity contribution in [2.75, 3.05) is 72.0 Å². The van der Waals surface area contributed by atoms with Gasteiger partial charge < -0.3 is 38.8 Å². The van der Waals surface area contributed by atoms with Crippen LogP contribution in [0.1, 0.15) is 114 Å². The molecule has 18 nitrogen and oxygen atoms in total. The average Bonchev–Trinajstić information content (AvgIpc) is 1.66. The molecule has 3 amide bonds. The van der Waals surface area contributed by atoms with Gasteiger partial charge in [0.25, 0.3) is 0 Å². The van der Waals surface area contributed by atoms with Crippen LogP contribution in [-0.4, -0.2) is 156 Å². The summed E-state index contributed by atoms with van der Waals surface area (Å²) in [5, 5.41) is 18.4. The van der Waals surface area contributed by atoms with Gasteiger partial charge in [0.1, 0.15) is 31.3 Å². The standard InChI is InChI=1S/C70H90N8O10/c1-11-76-61-27-24-53(39-57(61)59(41-70(6,7)45-79)65(76)58-40-56(42-71-63(58)47(4)85-9)75-33-31-74(32-34-75)55-25-26-55)54-36-51(28-30-78-62(23-18-29-77(78)48(5)80)68(83)87-43-49-19-14-12-15-20-49)35-52(37-54)38-60(67(82)86-10)72-66(81)64(46(2)3)73(8)69(84)88-44-50-21-16-13-17-22-50/h12-17,19-22,24,27,35-37,39-40,42,46-47,55,60,62,64,79H,11,18,23,25-26,28-34,38,41,43-45H2,1-10H3,(H,72,81)/t47-,60-,62+,64-/m0/s1. The minimum Gasteiger partial charge on any atom is -0.467 e. The summed E-state index contributed by atoms with van der Waals surface area (Å²) in [7, 11) is 4.50.